The van der Waals surface area contributed by atoms with Crippen molar-refractivity contribution in [3.63, 3.8) is 0 Å². The number of benzene rings is 3. The molecule has 0 saturated carbocycles. The molecule has 1 aliphatic rings. The molecule has 0 bridgehead atoms. The molecule has 1 aliphatic heterocycles. The lowest BCUT2D eigenvalue weighted by Gasteiger charge is -2.16. The van der Waals surface area contributed by atoms with Gasteiger partial charge in [-0.1, -0.05) is 74.0 Å². The highest BCUT2D eigenvalue weighted by Gasteiger charge is 2.20. The maximum atomic E-state index is 11.5. The van der Waals surface area contributed by atoms with Crippen LogP contribution in [0.3, 0.4) is 0 Å². The summed E-state index contributed by atoms with van der Waals surface area (Å²) in [6, 6.07) is 22.9. The lowest BCUT2D eigenvalue weighted by atomic mass is 9.88. The fraction of sp³-hybridized carbons (Fsp3) is 0.179. The van der Waals surface area contributed by atoms with Crippen molar-refractivity contribution in [3.05, 3.63) is 101 Å². The standard InChI is InChI=1S/C28H26O3/c1-3-4-10-21-15-23(16-25(19(21)2)20-11-6-5-7-12-20)24-14-9-8-13-22(24)17-27-26(29)18-28(30)31-27/h5-9,11-18,29H,3-4,10H2,1-2H3/b27-17-. The topological polar surface area (TPSA) is 46.5 Å². The molecule has 4 rings (SSSR count). The monoisotopic (exact) mass is 410 g/mol. The van der Waals surface area contributed by atoms with E-state index in [1.807, 2.05) is 24.3 Å². The van der Waals surface area contributed by atoms with Gasteiger partial charge in [0.15, 0.2) is 11.5 Å². The van der Waals surface area contributed by atoms with Gasteiger partial charge in [-0.3, -0.25) is 0 Å². The summed E-state index contributed by atoms with van der Waals surface area (Å²) in [5.74, 6) is -0.513. The van der Waals surface area contributed by atoms with Crippen LogP contribution in [-0.2, 0) is 16.0 Å². The summed E-state index contributed by atoms with van der Waals surface area (Å²) in [7, 11) is 0. The molecule has 0 unspecified atom stereocenters. The number of aliphatic hydroxyl groups is 1. The van der Waals surface area contributed by atoms with Crippen molar-refractivity contribution in [2.45, 2.75) is 33.1 Å². The molecule has 3 aromatic rings. The number of aryl methyl sites for hydroxylation is 1. The van der Waals surface area contributed by atoms with Gasteiger partial charge >= 0.3 is 5.97 Å². The third-order valence-electron chi connectivity index (χ3n) is 5.68. The zero-order valence-corrected chi connectivity index (χ0v) is 17.9. The molecule has 1 N–H and O–H groups in total. The van der Waals surface area contributed by atoms with Gasteiger partial charge in [-0.25, -0.2) is 4.79 Å². The highest BCUT2D eigenvalue weighted by molar-refractivity contribution is 5.90. The van der Waals surface area contributed by atoms with Gasteiger partial charge in [-0.15, -0.1) is 0 Å². The van der Waals surface area contributed by atoms with Crippen LogP contribution in [0, 0.1) is 6.92 Å². The van der Waals surface area contributed by atoms with E-state index in [0.717, 1.165) is 42.0 Å². The summed E-state index contributed by atoms with van der Waals surface area (Å²) in [6.45, 7) is 4.41. The Labute approximate surface area is 183 Å². The van der Waals surface area contributed by atoms with Crippen LogP contribution >= 0.6 is 0 Å². The number of rotatable bonds is 6. The molecule has 0 atom stereocenters. The second-order valence-corrected chi connectivity index (χ2v) is 7.82. The zero-order valence-electron chi connectivity index (χ0n) is 17.9. The smallest absolute Gasteiger partial charge is 0.340 e. The first kappa shape index (κ1) is 20.7. The van der Waals surface area contributed by atoms with Gasteiger partial charge in [0, 0.05) is 0 Å². The fourth-order valence-electron chi connectivity index (χ4n) is 3.98. The minimum Gasteiger partial charge on any atom is -0.504 e. The molecule has 156 valence electrons. The van der Waals surface area contributed by atoms with Crippen LogP contribution in [0.4, 0.5) is 0 Å². The number of aliphatic hydroxyl groups excluding tert-OH is 1. The Bertz CT molecular complexity index is 1170. The maximum absolute atomic E-state index is 11.5. The van der Waals surface area contributed by atoms with Crippen LogP contribution in [0.25, 0.3) is 28.3 Å². The first-order chi connectivity index (χ1) is 15.1. The van der Waals surface area contributed by atoms with Crippen LogP contribution in [0.5, 0.6) is 0 Å². The minimum atomic E-state index is -0.551. The summed E-state index contributed by atoms with van der Waals surface area (Å²) >= 11 is 0. The number of unbranched alkanes of at least 4 members (excludes halogenated alkanes) is 1. The van der Waals surface area contributed by atoms with Crippen molar-refractivity contribution in [3.8, 4) is 22.3 Å². The molecule has 3 heteroatoms. The van der Waals surface area contributed by atoms with Crippen molar-refractivity contribution in [1.29, 1.82) is 0 Å². The van der Waals surface area contributed by atoms with E-state index < -0.39 is 5.97 Å². The number of cyclic esters (lactones) is 1. The number of carbonyl (C=O) groups is 1. The van der Waals surface area contributed by atoms with E-state index in [2.05, 4.69) is 56.3 Å². The number of hydrogen-bond acceptors (Lipinski definition) is 3. The maximum Gasteiger partial charge on any atom is 0.340 e. The highest BCUT2D eigenvalue weighted by atomic mass is 16.6. The number of hydrogen-bond donors (Lipinski definition) is 1. The molecule has 1 heterocycles. The third kappa shape index (κ3) is 4.46. The van der Waals surface area contributed by atoms with Gasteiger partial charge < -0.3 is 9.84 Å². The SMILES string of the molecule is CCCCc1cc(-c2ccccc2/C=C2\OC(=O)C=C2O)cc(-c2ccccc2)c1C. The van der Waals surface area contributed by atoms with E-state index in [4.69, 9.17) is 4.74 Å². The summed E-state index contributed by atoms with van der Waals surface area (Å²) in [5.41, 5.74) is 8.09. The van der Waals surface area contributed by atoms with E-state index >= 15 is 0 Å². The zero-order chi connectivity index (χ0) is 21.8. The molecule has 3 aromatic carbocycles. The summed E-state index contributed by atoms with van der Waals surface area (Å²) in [4.78, 5) is 11.5. The summed E-state index contributed by atoms with van der Waals surface area (Å²) in [5, 5.41) is 10.00. The summed E-state index contributed by atoms with van der Waals surface area (Å²) < 4.78 is 5.14. The quantitative estimate of drug-likeness (QED) is 0.445. The van der Waals surface area contributed by atoms with E-state index in [-0.39, 0.29) is 11.5 Å². The van der Waals surface area contributed by atoms with Gasteiger partial charge in [0.25, 0.3) is 0 Å². The van der Waals surface area contributed by atoms with E-state index in [9.17, 15) is 9.90 Å². The van der Waals surface area contributed by atoms with Gasteiger partial charge in [-0.05, 0) is 70.9 Å². The fourth-order valence-corrected chi connectivity index (χ4v) is 3.98. The molecule has 0 amide bonds. The number of ether oxygens (including phenoxy) is 1. The van der Waals surface area contributed by atoms with Gasteiger partial charge in [0.2, 0.25) is 0 Å². The second-order valence-electron chi connectivity index (χ2n) is 7.82. The minimum absolute atomic E-state index is 0.141. The van der Waals surface area contributed by atoms with Crippen molar-refractivity contribution in [1.82, 2.24) is 0 Å². The first-order valence-corrected chi connectivity index (χ1v) is 10.7. The average molecular weight is 411 g/mol. The Morgan fingerprint density at radius 2 is 1.68 bits per heavy atom. The van der Waals surface area contributed by atoms with Crippen molar-refractivity contribution >= 4 is 12.0 Å². The molecule has 0 aromatic heterocycles. The Morgan fingerprint density at radius 3 is 2.39 bits per heavy atom. The predicted octanol–water partition coefficient (Wildman–Crippen LogP) is 7.01. The van der Waals surface area contributed by atoms with Crippen LogP contribution in [0.15, 0.2) is 84.3 Å². The van der Waals surface area contributed by atoms with Gasteiger partial charge in [-0.2, -0.15) is 0 Å². The summed E-state index contributed by atoms with van der Waals surface area (Å²) in [6.07, 6.45) is 6.12. The van der Waals surface area contributed by atoms with Crippen molar-refractivity contribution in [2.24, 2.45) is 0 Å². The lowest BCUT2D eigenvalue weighted by Crippen LogP contribution is -1.96. The highest BCUT2D eigenvalue weighted by Crippen LogP contribution is 2.35. The van der Waals surface area contributed by atoms with Gasteiger partial charge in [0.05, 0.1) is 6.08 Å². The molecule has 31 heavy (non-hydrogen) atoms. The Morgan fingerprint density at radius 1 is 0.935 bits per heavy atom. The Kier molecular flexibility index (Phi) is 6.03. The molecule has 3 nitrogen and oxygen atoms in total. The van der Waals surface area contributed by atoms with Crippen LogP contribution in [0.2, 0.25) is 0 Å². The van der Waals surface area contributed by atoms with Crippen LogP contribution in [-0.4, -0.2) is 11.1 Å². The first-order valence-electron chi connectivity index (χ1n) is 10.7. The van der Waals surface area contributed by atoms with Crippen LogP contribution in [0.1, 0.15) is 36.5 Å². The average Bonchev–Trinajstić information content (AvgIpc) is 3.10. The predicted molar refractivity (Wildman–Crippen MR) is 125 cm³/mol. The molecular formula is C28H26O3. The largest absolute Gasteiger partial charge is 0.504 e. The molecule has 0 fully saturated rings. The van der Waals surface area contributed by atoms with E-state index in [0.29, 0.717) is 0 Å². The molecule has 0 saturated heterocycles. The Hall–Kier alpha value is -3.59. The molecule has 0 spiro atoms. The van der Waals surface area contributed by atoms with Crippen molar-refractivity contribution < 1.29 is 14.6 Å². The number of carbonyl (C=O) groups excluding carboxylic acids is 1. The van der Waals surface area contributed by atoms with E-state index in [1.165, 1.54) is 22.3 Å². The number of esters is 1. The Balaban J connectivity index is 1.86. The lowest BCUT2D eigenvalue weighted by molar-refractivity contribution is -0.132. The molecule has 0 aliphatic carbocycles. The van der Waals surface area contributed by atoms with Gasteiger partial charge in [0.1, 0.15) is 0 Å². The van der Waals surface area contributed by atoms with Crippen molar-refractivity contribution in [2.75, 3.05) is 0 Å². The second kappa shape index (κ2) is 9.05. The normalized spacial score (nSPS) is 14.6. The molecule has 0 radical (unpaired) electrons. The van der Waals surface area contributed by atoms with Crippen LogP contribution < -0.4 is 0 Å². The molecular weight excluding hydrogens is 384 g/mol. The third-order valence-corrected chi connectivity index (χ3v) is 5.68. The van der Waals surface area contributed by atoms with E-state index in [1.54, 1.807) is 6.08 Å².